The lowest BCUT2D eigenvalue weighted by Gasteiger charge is -2.17. The molecule has 0 bridgehead atoms. The van der Waals surface area contributed by atoms with Gasteiger partial charge < -0.3 is 4.55 Å². The standard InChI is InChI=1S/C19H24N2OS/c1-15-10-11-20-18(12-15)9-8-16-6-5-7-17(13-16)14-21-23(22)19(2,3)4/h5-7,10-14H,8-9H2,1-4H3. The zero-order chi connectivity index (χ0) is 16.9. The minimum absolute atomic E-state index is 0.328. The maximum absolute atomic E-state index is 12.0. The van der Waals surface area contributed by atoms with E-state index in [1.54, 1.807) is 6.21 Å². The van der Waals surface area contributed by atoms with E-state index in [0.29, 0.717) is 0 Å². The molecule has 0 aliphatic carbocycles. The van der Waals surface area contributed by atoms with Crippen molar-refractivity contribution in [3.05, 3.63) is 65.0 Å². The van der Waals surface area contributed by atoms with E-state index in [9.17, 15) is 4.55 Å². The van der Waals surface area contributed by atoms with Crippen molar-refractivity contribution >= 4 is 17.6 Å². The summed E-state index contributed by atoms with van der Waals surface area (Å²) in [5, 5.41) is 0. The quantitative estimate of drug-likeness (QED) is 0.614. The van der Waals surface area contributed by atoms with Gasteiger partial charge in [0, 0.05) is 11.9 Å². The highest BCUT2D eigenvalue weighted by Gasteiger charge is 2.25. The SMILES string of the molecule is Cc1ccnc(CCc2cccc(C=N[S+]([O-])C(C)(C)C)c2)c1. The van der Waals surface area contributed by atoms with Crippen molar-refractivity contribution < 1.29 is 4.55 Å². The van der Waals surface area contributed by atoms with Gasteiger partial charge in [-0.2, -0.15) is 0 Å². The molecule has 0 N–H and O–H groups in total. The predicted octanol–water partition coefficient (Wildman–Crippen LogP) is 4.06. The molecule has 1 heterocycles. The van der Waals surface area contributed by atoms with Crippen molar-refractivity contribution in [2.75, 3.05) is 0 Å². The Hall–Kier alpha value is -1.65. The average molecular weight is 328 g/mol. The van der Waals surface area contributed by atoms with Gasteiger partial charge in [-0.05, 0) is 69.4 Å². The lowest BCUT2D eigenvalue weighted by atomic mass is 10.0. The van der Waals surface area contributed by atoms with E-state index in [4.69, 9.17) is 0 Å². The second-order valence-electron chi connectivity index (χ2n) is 6.67. The van der Waals surface area contributed by atoms with Crippen molar-refractivity contribution in [1.29, 1.82) is 0 Å². The lowest BCUT2D eigenvalue weighted by molar-refractivity contribution is 0.562. The fourth-order valence-corrected chi connectivity index (χ4v) is 2.64. The number of hydrogen-bond donors (Lipinski definition) is 0. The Labute approximate surface area is 142 Å². The molecule has 2 aromatic rings. The van der Waals surface area contributed by atoms with Gasteiger partial charge in [-0.15, -0.1) is 0 Å². The molecule has 1 atom stereocenters. The third-order valence-electron chi connectivity index (χ3n) is 3.41. The van der Waals surface area contributed by atoms with Crippen LogP contribution in [0, 0.1) is 6.92 Å². The molecule has 1 aromatic carbocycles. The number of nitrogens with zero attached hydrogens (tertiary/aromatic N) is 2. The highest BCUT2D eigenvalue weighted by Crippen LogP contribution is 2.17. The Balaban J connectivity index is 2.01. The van der Waals surface area contributed by atoms with Crippen LogP contribution in [-0.2, 0) is 24.2 Å². The maximum atomic E-state index is 12.0. The van der Waals surface area contributed by atoms with Crippen LogP contribution in [0.1, 0.15) is 43.2 Å². The Morgan fingerprint density at radius 2 is 1.96 bits per heavy atom. The van der Waals surface area contributed by atoms with Crippen molar-refractivity contribution in [2.24, 2.45) is 4.40 Å². The summed E-state index contributed by atoms with van der Waals surface area (Å²) in [5.41, 5.74) is 4.56. The Bertz CT molecular complexity index is 677. The summed E-state index contributed by atoms with van der Waals surface area (Å²) in [7, 11) is 0. The maximum Gasteiger partial charge on any atom is 0.144 e. The predicted molar refractivity (Wildman–Crippen MR) is 98.3 cm³/mol. The zero-order valence-electron chi connectivity index (χ0n) is 14.2. The molecule has 0 fully saturated rings. The summed E-state index contributed by atoms with van der Waals surface area (Å²) < 4.78 is 15.8. The van der Waals surface area contributed by atoms with E-state index in [0.717, 1.165) is 24.1 Å². The number of rotatable bonds is 5. The van der Waals surface area contributed by atoms with Crippen LogP contribution in [0.25, 0.3) is 0 Å². The van der Waals surface area contributed by atoms with Crippen molar-refractivity contribution in [3.63, 3.8) is 0 Å². The van der Waals surface area contributed by atoms with Gasteiger partial charge in [0.1, 0.15) is 16.1 Å². The number of benzene rings is 1. The van der Waals surface area contributed by atoms with Gasteiger partial charge in [-0.3, -0.25) is 4.98 Å². The second kappa shape index (κ2) is 7.75. The van der Waals surface area contributed by atoms with Gasteiger partial charge >= 0.3 is 0 Å². The molecule has 0 spiro atoms. The molecule has 23 heavy (non-hydrogen) atoms. The molecule has 0 aliphatic heterocycles. The van der Waals surface area contributed by atoms with Crippen molar-refractivity contribution in [2.45, 2.75) is 45.3 Å². The van der Waals surface area contributed by atoms with Gasteiger partial charge in [0.05, 0.1) is 6.21 Å². The Kier molecular flexibility index (Phi) is 5.97. The van der Waals surface area contributed by atoms with E-state index in [1.807, 2.05) is 45.2 Å². The number of pyridine rings is 1. The average Bonchev–Trinajstić information content (AvgIpc) is 2.50. The molecule has 1 aromatic heterocycles. The molecule has 122 valence electrons. The van der Waals surface area contributed by atoms with Crippen LogP contribution in [0.5, 0.6) is 0 Å². The number of aromatic nitrogens is 1. The monoisotopic (exact) mass is 328 g/mol. The third kappa shape index (κ3) is 5.81. The van der Waals surface area contributed by atoms with Gasteiger partial charge in [-0.1, -0.05) is 28.7 Å². The highest BCUT2D eigenvalue weighted by molar-refractivity contribution is 7.91. The minimum Gasteiger partial charge on any atom is -0.591 e. The molecule has 0 saturated carbocycles. The topological polar surface area (TPSA) is 48.3 Å². The summed E-state index contributed by atoms with van der Waals surface area (Å²) in [6.07, 6.45) is 5.40. The second-order valence-corrected chi connectivity index (χ2v) is 8.60. The van der Waals surface area contributed by atoms with Crippen molar-refractivity contribution in [3.8, 4) is 0 Å². The van der Waals surface area contributed by atoms with E-state index < -0.39 is 11.4 Å². The number of hydrogen-bond acceptors (Lipinski definition) is 3. The minimum atomic E-state index is -1.22. The first-order valence-corrected chi connectivity index (χ1v) is 8.92. The molecule has 4 heteroatoms. The third-order valence-corrected chi connectivity index (χ3v) is 4.76. The lowest BCUT2D eigenvalue weighted by Crippen LogP contribution is -2.25. The van der Waals surface area contributed by atoms with Crippen LogP contribution < -0.4 is 0 Å². The fraction of sp³-hybridized carbons (Fsp3) is 0.368. The normalized spacial score (nSPS) is 13.4. The summed E-state index contributed by atoms with van der Waals surface area (Å²) in [4.78, 5) is 4.40. The van der Waals surface area contributed by atoms with Crippen LogP contribution in [0.2, 0.25) is 0 Å². The molecule has 0 amide bonds. The van der Waals surface area contributed by atoms with Gasteiger partial charge in [0.15, 0.2) is 0 Å². The summed E-state index contributed by atoms with van der Waals surface area (Å²) in [6, 6.07) is 12.3. The van der Waals surface area contributed by atoms with Crippen LogP contribution in [0.3, 0.4) is 0 Å². The van der Waals surface area contributed by atoms with Gasteiger partial charge in [0.2, 0.25) is 0 Å². The molecular formula is C19H24N2OS. The molecule has 0 radical (unpaired) electrons. The van der Waals surface area contributed by atoms with E-state index in [-0.39, 0.29) is 4.75 Å². The van der Waals surface area contributed by atoms with Gasteiger partial charge in [-0.25, -0.2) is 0 Å². The molecule has 1 unspecified atom stereocenters. The van der Waals surface area contributed by atoms with E-state index in [1.165, 1.54) is 11.1 Å². The van der Waals surface area contributed by atoms with Gasteiger partial charge in [0.25, 0.3) is 0 Å². The zero-order valence-corrected chi connectivity index (χ0v) is 15.1. The Morgan fingerprint density at radius 3 is 2.65 bits per heavy atom. The molecule has 0 aliphatic rings. The summed E-state index contributed by atoms with van der Waals surface area (Å²) in [5.74, 6) is 0. The smallest absolute Gasteiger partial charge is 0.144 e. The summed E-state index contributed by atoms with van der Waals surface area (Å²) in [6.45, 7) is 7.85. The first kappa shape index (κ1) is 17.7. The van der Waals surface area contributed by atoms with Crippen LogP contribution >= 0.6 is 0 Å². The highest BCUT2D eigenvalue weighted by atomic mass is 32.2. The largest absolute Gasteiger partial charge is 0.591 e. The molecule has 0 saturated heterocycles. The molecule has 3 nitrogen and oxygen atoms in total. The van der Waals surface area contributed by atoms with E-state index >= 15 is 0 Å². The fourth-order valence-electron chi connectivity index (χ4n) is 2.10. The van der Waals surface area contributed by atoms with Crippen LogP contribution in [-0.4, -0.2) is 20.5 Å². The Morgan fingerprint density at radius 1 is 1.17 bits per heavy atom. The first-order valence-electron chi connectivity index (χ1n) is 7.81. The molecular weight excluding hydrogens is 304 g/mol. The number of aryl methyl sites for hydroxylation is 3. The van der Waals surface area contributed by atoms with Crippen LogP contribution in [0.4, 0.5) is 0 Å². The van der Waals surface area contributed by atoms with E-state index in [2.05, 4.69) is 34.5 Å². The van der Waals surface area contributed by atoms with Crippen LogP contribution in [0.15, 0.2) is 47.0 Å². The summed E-state index contributed by atoms with van der Waals surface area (Å²) >= 11 is -1.22. The van der Waals surface area contributed by atoms with Crippen molar-refractivity contribution in [1.82, 2.24) is 4.98 Å². The molecule has 2 rings (SSSR count). The first-order chi connectivity index (χ1) is 10.8.